The van der Waals surface area contributed by atoms with Crippen LogP contribution in [0.1, 0.15) is 30.0 Å². The van der Waals surface area contributed by atoms with E-state index in [1.807, 2.05) is 28.8 Å². The average Bonchev–Trinajstić information content (AvgIpc) is 3.24. The normalized spacial score (nSPS) is 19.1. The largest absolute Gasteiger partial charge is 0.352 e. The number of carbonyl (C=O) groups is 1. The maximum absolute atomic E-state index is 12.9. The second-order valence-corrected chi connectivity index (χ2v) is 8.53. The van der Waals surface area contributed by atoms with Crippen molar-refractivity contribution in [2.45, 2.75) is 38.0 Å². The maximum atomic E-state index is 12.9. The fourth-order valence-corrected chi connectivity index (χ4v) is 4.74. The number of amides is 1. The van der Waals surface area contributed by atoms with Crippen LogP contribution in [0.5, 0.6) is 0 Å². The molecule has 3 aromatic carbocycles. The minimum atomic E-state index is 0.0430. The molecule has 1 N–H and O–H groups in total. The molecule has 1 fully saturated rings. The van der Waals surface area contributed by atoms with Crippen LogP contribution >= 0.6 is 0 Å². The molecule has 2 unspecified atom stereocenters. The van der Waals surface area contributed by atoms with Crippen molar-refractivity contribution in [1.82, 2.24) is 19.8 Å². The van der Waals surface area contributed by atoms with Gasteiger partial charge in [-0.25, -0.2) is 4.98 Å². The van der Waals surface area contributed by atoms with Crippen molar-refractivity contribution in [3.05, 3.63) is 102 Å². The fourth-order valence-electron chi connectivity index (χ4n) is 4.74. The number of nitrogens with zero attached hydrogens (tertiary/aromatic N) is 3. The number of imidazole rings is 1. The summed E-state index contributed by atoms with van der Waals surface area (Å²) < 4.78 is 1.92. The van der Waals surface area contributed by atoms with E-state index < -0.39 is 0 Å². The minimum Gasteiger partial charge on any atom is -0.352 e. The highest BCUT2D eigenvalue weighted by molar-refractivity contribution is 5.80. The van der Waals surface area contributed by atoms with Gasteiger partial charge >= 0.3 is 0 Å². The lowest BCUT2D eigenvalue weighted by Gasteiger charge is -2.40. The summed E-state index contributed by atoms with van der Waals surface area (Å²) >= 11 is 0. The van der Waals surface area contributed by atoms with Gasteiger partial charge in [-0.2, -0.15) is 0 Å². The summed E-state index contributed by atoms with van der Waals surface area (Å²) in [5, 5.41) is 3.29. The molecular formula is C27H28N4O. The molecule has 2 heterocycles. The van der Waals surface area contributed by atoms with E-state index in [0.29, 0.717) is 6.54 Å². The summed E-state index contributed by atoms with van der Waals surface area (Å²) in [7, 11) is 0. The van der Waals surface area contributed by atoms with Gasteiger partial charge in [0.25, 0.3) is 0 Å². The quantitative estimate of drug-likeness (QED) is 0.494. The van der Waals surface area contributed by atoms with E-state index >= 15 is 0 Å². The molecule has 0 aliphatic carbocycles. The van der Waals surface area contributed by atoms with E-state index in [-0.39, 0.29) is 18.0 Å². The van der Waals surface area contributed by atoms with Gasteiger partial charge in [0.1, 0.15) is 6.54 Å². The summed E-state index contributed by atoms with van der Waals surface area (Å²) in [6, 6.07) is 29.6. The lowest BCUT2D eigenvalue weighted by molar-refractivity contribution is -0.122. The molecular weight excluding hydrogens is 396 g/mol. The van der Waals surface area contributed by atoms with Crippen LogP contribution < -0.4 is 5.32 Å². The number of benzene rings is 3. The lowest BCUT2D eigenvalue weighted by Crippen LogP contribution is -2.46. The molecule has 162 valence electrons. The maximum Gasteiger partial charge on any atom is 0.240 e. The Morgan fingerprint density at radius 1 is 0.938 bits per heavy atom. The second kappa shape index (κ2) is 9.37. The molecule has 0 saturated carbocycles. The van der Waals surface area contributed by atoms with E-state index in [4.69, 9.17) is 0 Å². The molecule has 5 nitrogen and oxygen atoms in total. The number of rotatable bonds is 6. The number of nitrogens with one attached hydrogen (secondary N) is 1. The van der Waals surface area contributed by atoms with Gasteiger partial charge in [0.2, 0.25) is 5.91 Å². The zero-order valence-corrected chi connectivity index (χ0v) is 18.1. The molecule has 5 heteroatoms. The Bertz CT molecular complexity index is 1170. The number of carbonyl (C=O) groups excluding carboxylic acids is 1. The summed E-state index contributed by atoms with van der Waals surface area (Å²) in [6.45, 7) is 2.16. The molecule has 1 saturated heterocycles. The van der Waals surface area contributed by atoms with Gasteiger partial charge in [-0.1, -0.05) is 72.8 Å². The average molecular weight is 425 g/mol. The Labute approximate surface area is 188 Å². The smallest absolute Gasteiger partial charge is 0.240 e. The van der Waals surface area contributed by atoms with Gasteiger partial charge < -0.3 is 9.88 Å². The highest BCUT2D eigenvalue weighted by atomic mass is 16.2. The predicted octanol–water partition coefficient (Wildman–Crippen LogP) is 4.56. The van der Waals surface area contributed by atoms with Gasteiger partial charge in [0, 0.05) is 25.2 Å². The van der Waals surface area contributed by atoms with Crippen LogP contribution in [0, 0.1) is 0 Å². The van der Waals surface area contributed by atoms with Crippen LogP contribution in [0.25, 0.3) is 11.0 Å². The first-order valence-corrected chi connectivity index (χ1v) is 11.3. The van der Waals surface area contributed by atoms with Crippen LogP contribution in [0.3, 0.4) is 0 Å². The Kier molecular flexibility index (Phi) is 5.99. The Balaban J connectivity index is 1.28. The van der Waals surface area contributed by atoms with Crippen LogP contribution in [-0.2, 0) is 17.9 Å². The first kappa shape index (κ1) is 20.5. The van der Waals surface area contributed by atoms with Crippen molar-refractivity contribution in [3.63, 3.8) is 0 Å². The SMILES string of the molecule is O=C(Cn1cnc2ccccc21)NC1CCN(Cc2ccccc2)C(c2ccccc2)C1. The van der Waals surface area contributed by atoms with Crippen LogP contribution in [0.2, 0.25) is 0 Å². The first-order chi connectivity index (χ1) is 15.8. The Morgan fingerprint density at radius 3 is 2.47 bits per heavy atom. The van der Waals surface area contributed by atoms with E-state index in [0.717, 1.165) is 37.0 Å². The van der Waals surface area contributed by atoms with Crippen LogP contribution in [0.15, 0.2) is 91.3 Å². The van der Waals surface area contributed by atoms with Crippen molar-refractivity contribution in [1.29, 1.82) is 0 Å². The number of fused-ring (bicyclic) bond motifs is 1. The molecule has 0 spiro atoms. The number of para-hydroxylation sites is 2. The zero-order valence-electron chi connectivity index (χ0n) is 18.1. The molecule has 5 rings (SSSR count). The fraction of sp³-hybridized carbons (Fsp3) is 0.259. The standard InChI is InChI=1S/C27H28N4O/c32-27(19-31-20-28-24-13-7-8-14-25(24)31)29-23-15-16-30(18-21-9-3-1-4-10-21)26(17-23)22-11-5-2-6-12-22/h1-14,20,23,26H,15-19H2,(H,29,32). The Hall–Kier alpha value is -3.44. The van der Waals surface area contributed by atoms with Gasteiger partial charge in [0.15, 0.2) is 0 Å². The molecule has 4 aromatic rings. The summed E-state index contributed by atoms with van der Waals surface area (Å²) in [5.74, 6) is 0.0430. The van der Waals surface area contributed by atoms with E-state index in [9.17, 15) is 4.79 Å². The lowest BCUT2D eigenvalue weighted by atomic mass is 9.91. The van der Waals surface area contributed by atoms with Crippen LogP contribution in [0.4, 0.5) is 0 Å². The number of piperidine rings is 1. The highest BCUT2D eigenvalue weighted by Gasteiger charge is 2.30. The third kappa shape index (κ3) is 4.58. The third-order valence-electron chi connectivity index (χ3n) is 6.33. The third-order valence-corrected chi connectivity index (χ3v) is 6.33. The van der Waals surface area contributed by atoms with Crippen molar-refractivity contribution < 1.29 is 4.79 Å². The van der Waals surface area contributed by atoms with Gasteiger partial charge in [-0.3, -0.25) is 9.69 Å². The highest BCUT2D eigenvalue weighted by Crippen LogP contribution is 2.32. The van der Waals surface area contributed by atoms with E-state index in [1.165, 1.54) is 11.1 Å². The molecule has 32 heavy (non-hydrogen) atoms. The monoisotopic (exact) mass is 424 g/mol. The summed E-state index contributed by atoms with van der Waals surface area (Å²) in [6.07, 6.45) is 3.61. The van der Waals surface area contributed by atoms with Crippen molar-refractivity contribution in [2.24, 2.45) is 0 Å². The predicted molar refractivity (Wildman–Crippen MR) is 127 cm³/mol. The summed E-state index contributed by atoms with van der Waals surface area (Å²) in [5.41, 5.74) is 4.53. The first-order valence-electron chi connectivity index (χ1n) is 11.3. The molecule has 1 aliphatic heterocycles. The summed E-state index contributed by atoms with van der Waals surface area (Å²) in [4.78, 5) is 19.8. The molecule has 0 radical (unpaired) electrons. The van der Waals surface area contributed by atoms with Gasteiger partial charge in [0.05, 0.1) is 17.4 Å². The minimum absolute atomic E-state index is 0.0430. The molecule has 2 atom stereocenters. The van der Waals surface area contributed by atoms with Crippen LogP contribution in [-0.4, -0.2) is 32.9 Å². The second-order valence-electron chi connectivity index (χ2n) is 8.53. The number of aromatic nitrogens is 2. The Morgan fingerprint density at radius 2 is 1.66 bits per heavy atom. The number of hydrogen-bond acceptors (Lipinski definition) is 3. The van der Waals surface area contributed by atoms with Crippen molar-refractivity contribution >= 4 is 16.9 Å². The number of hydrogen-bond donors (Lipinski definition) is 1. The molecule has 1 amide bonds. The molecule has 0 bridgehead atoms. The van der Waals surface area contributed by atoms with Gasteiger partial charge in [-0.05, 0) is 36.1 Å². The molecule has 1 aromatic heterocycles. The zero-order chi connectivity index (χ0) is 21.8. The number of likely N-dealkylation sites (tertiary alicyclic amines) is 1. The topological polar surface area (TPSA) is 50.2 Å². The van der Waals surface area contributed by atoms with Gasteiger partial charge in [-0.15, -0.1) is 0 Å². The molecule has 1 aliphatic rings. The van der Waals surface area contributed by atoms with Crippen molar-refractivity contribution in [2.75, 3.05) is 6.54 Å². The van der Waals surface area contributed by atoms with Crippen molar-refractivity contribution in [3.8, 4) is 0 Å². The van der Waals surface area contributed by atoms with E-state index in [1.54, 1.807) is 6.33 Å². The van der Waals surface area contributed by atoms with E-state index in [2.05, 4.69) is 75.9 Å².